The zero-order chi connectivity index (χ0) is 19.1. The fraction of sp³-hybridized carbons (Fsp3) is 0.263. The van der Waals surface area contributed by atoms with Crippen molar-refractivity contribution in [2.75, 3.05) is 0 Å². The van der Waals surface area contributed by atoms with E-state index in [0.717, 1.165) is 0 Å². The first-order valence-corrected chi connectivity index (χ1v) is 8.65. The monoisotopic (exact) mass is 390 g/mol. The second-order valence-corrected chi connectivity index (χ2v) is 7.41. The molecule has 26 heavy (non-hydrogen) atoms. The first kappa shape index (κ1) is 18.5. The molecule has 0 fully saturated rings. The van der Waals surface area contributed by atoms with Crippen LogP contribution in [0.3, 0.4) is 0 Å². The van der Waals surface area contributed by atoms with E-state index in [2.05, 4.69) is 5.32 Å². The predicted octanol–water partition coefficient (Wildman–Crippen LogP) is 3.87. The van der Waals surface area contributed by atoms with E-state index in [1.807, 2.05) is 6.07 Å². The second kappa shape index (κ2) is 6.81. The summed E-state index contributed by atoms with van der Waals surface area (Å²) in [7, 11) is 0. The molecule has 1 heterocycles. The average Bonchev–Trinajstić information content (AvgIpc) is 2.60. The Morgan fingerprint density at radius 3 is 2.62 bits per heavy atom. The van der Waals surface area contributed by atoms with Crippen LogP contribution < -0.4 is 10.1 Å². The maximum atomic E-state index is 12.7. The molecule has 5 nitrogen and oxygen atoms in total. The minimum absolute atomic E-state index is 0.263. The minimum atomic E-state index is -1.02. The van der Waals surface area contributed by atoms with Crippen molar-refractivity contribution in [2.24, 2.45) is 0 Å². The lowest BCUT2D eigenvalue weighted by molar-refractivity contribution is -0.0627. The number of rotatable bonds is 2. The third-order valence-corrected chi connectivity index (χ3v) is 5.08. The van der Waals surface area contributed by atoms with Crippen LogP contribution in [0.15, 0.2) is 36.4 Å². The van der Waals surface area contributed by atoms with Gasteiger partial charge in [0.15, 0.2) is 0 Å². The van der Waals surface area contributed by atoms with E-state index in [-0.39, 0.29) is 5.02 Å². The van der Waals surface area contributed by atoms with E-state index in [1.165, 1.54) is 12.1 Å². The predicted molar refractivity (Wildman–Crippen MR) is 98.5 cm³/mol. The van der Waals surface area contributed by atoms with Crippen LogP contribution in [0.5, 0.6) is 5.75 Å². The Balaban J connectivity index is 1.98. The summed E-state index contributed by atoms with van der Waals surface area (Å²) < 4.78 is 5.83. The van der Waals surface area contributed by atoms with Gasteiger partial charge < -0.3 is 15.2 Å². The highest BCUT2D eigenvalue weighted by Crippen LogP contribution is 2.40. The number of aliphatic hydroxyl groups is 1. The molecule has 1 amide bonds. The molecule has 0 aliphatic carbocycles. The first-order valence-electron chi connectivity index (χ1n) is 7.90. The van der Waals surface area contributed by atoms with E-state index in [4.69, 9.17) is 33.2 Å². The van der Waals surface area contributed by atoms with Gasteiger partial charge in [-0.3, -0.25) is 4.79 Å². The Kier molecular flexibility index (Phi) is 4.85. The van der Waals surface area contributed by atoms with Crippen LogP contribution >= 0.6 is 23.2 Å². The molecule has 0 aromatic heterocycles. The third kappa shape index (κ3) is 3.36. The van der Waals surface area contributed by atoms with Crippen molar-refractivity contribution >= 4 is 29.1 Å². The highest BCUT2D eigenvalue weighted by Gasteiger charge is 2.43. The molecule has 2 aromatic carbocycles. The Morgan fingerprint density at radius 2 is 1.96 bits per heavy atom. The number of nitrogens with one attached hydrogen (secondary N) is 1. The van der Waals surface area contributed by atoms with Gasteiger partial charge in [0, 0.05) is 11.1 Å². The first-order chi connectivity index (χ1) is 12.2. The Bertz CT molecular complexity index is 921. The maximum Gasteiger partial charge on any atom is 0.251 e. The van der Waals surface area contributed by atoms with Gasteiger partial charge in [-0.25, -0.2) is 0 Å². The summed E-state index contributed by atoms with van der Waals surface area (Å²) in [6, 6.07) is 10.7. The zero-order valence-electron chi connectivity index (χ0n) is 14.1. The number of carbonyl (C=O) groups excluding carboxylic acids is 1. The quantitative estimate of drug-likeness (QED) is 0.814. The van der Waals surface area contributed by atoms with Gasteiger partial charge in [0.05, 0.1) is 27.7 Å². The summed E-state index contributed by atoms with van der Waals surface area (Å²) in [5.74, 6) is 0.0948. The molecule has 0 bridgehead atoms. The third-order valence-electron chi connectivity index (χ3n) is 4.34. The van der Waals surface area contributed by atoms with Crippen LogP contribution in [0, 0.1) is 11.3 Å². The van der Waals surface area contributed by atoms with Crippen LogP contribution in [0.25, 0.3) is 0 Å². The van der Waals surface area contributed by atoms with Crippen molar-refractivity contribution in [2.45, 2.75) is 31.6 Å². The van der Waals surface area contributed by atoms with E-state index < -0.39 is 23.7 Å². The molecule has 0 radical (unpaired) electrons. The lowest BCUT2D eigenvalue weighted by Crippen LogP contribution is -2.53. The number of halogens is 2. The average molecular weight is 391 g/mol. The Hall–Kier alpha value is -2.26. The molecule has 1 aliphatic heterocycles. The number of aliphatic hydroxyl groups excluding tert-OH is 1. The number of hydrogen-bond acceptors (Lipinski definition) is 4. The molecule has 1 aliphatic rings. The number of carbonyl (C=O) groups is 1. The van der Waals surface area contributed by atoms with Gasteiger partial charge >= 0.3 is 0 Å². The molecule has 2 N–H and O–H groups in total. The van der Waals surface area contributed by atoms with Gasteiger partial charge in [0.1, 0.15) is 17.5 Å². The number of benzene rings is 2. The summed E-state index contributed by atoms with van der Waals surface area (Å²) in [6.45, 7) is 3.47. The topological polar surface area (TPSA) is 82.3 Å². The van der Waals surface area contributed by atoms with Gasteiger partial charge in [-0.1, -0.05) is 23.2 Å². The number of hydrogen-bond donors (Lipinski definition) is 2. The molecule has 2 unspecified atom stereocenters. The molecular formula is C19H16Cl2N2O3. The maximum absolute atomic E-state index is 12.7. The number of amides is 1. The number of nitrogens with zero attached hydrogens (tertiary/aromatic N) is 1. The second-order valence-electron chi connectivity index (χ2n) is 6.59. The van der Waals surface area contributed by atoms with Crippen molar-refractivity contribution in [3.8, 4) is 11.8 Å². The fourth-order valence-corrected chi connectivity index (χ4v) is 3.19. The van der Waals surface area contributed by atoms with E-state index in [9.17, 15) is 9.90 Å². The SMILES string of the molecule is CC1(C)Oc2ccc(C#N)cc2C(NC(=O)c2ccc(Cl)c(Cl)c2)C1O. The van der Waals surface area contributed by atoms with E-state index in [1.54, 1.807) is 38.1 Å². The lowest BCUT2D eigenvalue weighted by atomic mass is 9.85. The van der Waals surface area contributed by atoms with Gasteiger partial charge in [-0.05, 0) is 50.2 Å². The van der Waals surface area contributed by atoms with E-state index in [0.29, 0.717) is 27.5 Å². The summed E-state index contributed by atoms with van der Waals surface area (Å²) >= 11 is 11.9. The van der Waals surface area contributed by atoms with Crippen LogP contribution in [0.1, 0.15) is 41.4 Å². The highest BCUT2D eigenvalue weighted by molar-refractivity contribution is 6.42. The molecule has 2 atom stereocenters. The van der Waals surface area contributed by atoms with Crippen LogP contribution in [0.2, 0.25) is 10.0 Å². The van der Waals surface area contributed by atoms with Gasteiger partial charge in [-0.2, -0.15) is 5.26 Å². The number of fused-ring (bicyclic) bond motifs is 1. The summed E-state index contributed by atoms with van der Waals surface area (Å²) in [5, 5.41) is 23.3. The summed E-state index contributed by atoms with van der Waals surface area (Å²) in [5.41, 5.74) is 0.350. The normalized spacial score (nSPS) is 20.5. The molecule has 3 rings (SSSR count). The van der Waals surface area contributed by atoms with Crippen molar-refractivity contribution in [1.29, 1.82) is 5.26 Å². The molecular weight excluding hydrogens is 375 g/mol. The summed E-state index contributed by atoms with van der Waals surface area (Å²) in [4.78, 5) is 12.7. The molecule has 2 aromatic rings. The Labute approximate surface area is 161 Å². The van der Waals surface area contributed by atoms with Gasteiger partial charge in [0.2, 0.25) is 0 Å². The van der Waals surface area contributed by atoms with Crippen LogP contribution in [0.4, 0.5) is 0 Å². The largest absolute Gasteiger partial charge is 0.485 e. The van der Waals surface area contributed by atoms with Crippen molar-refractivity contribution in [1.82, 2.24) is 5.32 Å². The van der Waals surface area contributed by atoms with Crippen molar-refractivity contribution in [3.05, 3.63) is 63.1 Å². The molecule has 0 saturated heterocycles. The van der Waals surface area contributed by atoms with Crippen LogP contribution in [-0.2, 0) is 0 Å². The molecule has 0 spiro atoms. The van der Waals surface area contributed by atoms with Gasteiger partial charge in [-0.15, -0.1) is 0 Å². The smallest absolute Gasteiger partial charge is 0.251 e. The summed E-state index contributed by atoms with van der Waals surface area (Å²) in [6.07, 6.45) is -1.02. The molecule has 0 saturated carbocycles. The van der Waals surface area contributed by atoms with Crippen molar-refractivity contribution in [3.63, 3.8) is 0 Å². The lowest BCUT2D eigenvalue weighted by Gasteiger charge is -2.42. The number of nitriles is 1. The van der Waals surface area contributed by atoms with E-state index >= 15 is 0 Å². The minimum Gasteiger partial charge on any atom is -0.485 e. The van der Waals surface area contributed by atoms with Crippen molar-refractivity contribution < 1.29 is 14.6 Å². The fourth-order valence-electron chi connectivity index (χ4n) is 2.89. The van der Waals surface area contributed by atoms with Crippen LogP contribution in [-0.4, -0.2) is 22.7 Å². The zero-order valence-corrected chi connectivity index (χ0v) is 15.6. The highest BCUT2D eigenvalue weighted by atomic mass is 35.5. The molecule has 7 heteroatoms. The number of ether oxygens (including phenoxy) is 1. The Morgan fingerprint density at radius 1 is 1.23 bits per heavy atom. The van der Waals surface area contributed by atoms with Gasteiger partial charge in [0.25, 0.3) is 5.91 Å². The molecule has 134 valence electrons. The standard InChI is InChI=1S/C19H16Cl2N2O3/c1-19(2)17(24)16(12-7-10(9-22)3-6-15(12)26-19)23-18(25)11-4-5-13(20)14(21)8-11/h3-8,16-17,24H,1-2H3,(H,23,25).